The molecule has 22 heavy (non-hydrogen) atoms. The summed E-state index contributed by atoms with van der Waals surface area (Å²) in [6.45, 7) is 5.70. The predicted molar refractivity (Wildman–Crippen MR) is 85.7 cm³/mol. The molecular formula is C15H18N4O2S. The molecular weight excluding hydrogens is 300 g/mol. The molecule has 0 bridgehead atoms. The summed E-state index contributed by atoms with van der Waals surface area (Å²) in [7, 11) is 0. The standard InChI is InChI=1S/C15H18N4O2S/c1-9-11-13(17-10-3-2-6-19(10)14(11)20)22-12(9)15(21)18-7-4-16-5-8-18/h16H,2-8H2,1H3. The number of carbonyl (C=O) groups excluding carboxylic acids is 1. The van der Waals surface area contributed by atoms with E-state index in [-0.39, 0.29) is 11.5 Å². The fraction of sp³-hybridized carbons (Fsp3) is 0.533. The molecule has 0 aliphatic carbocycles. The normalized spacial score (nSPS) is 18.0. The topological polar surface area (TPSA) is 67.2 Å². The molecule has 4 heterocycles. The van der Waals surface area contributed by atoms with Crippen LogP contribution in [-0.4, -0.2) is 46.5 Å². The lowest BCUT2D eigenvalue weighted by Gasteiger charge is -2.27. The molecule has 4 rings (SSSR count). The summed E-state index contributed by atoms with van der Waals surface area (Å²) >= 11 is 1.37. The molecule has 0 spiro atoms. The molecule has 2 aromatic rings. The van der Waals surface area contributed by atoms with E-state index in [9.17, 15) is 9.59 Å². The molecule has 6 nitrogen and oxygen atoms in total. The fourth-order valence-corrected chi connectivity index (χ4v) is 4.45. The van der Waals surface area contributed by atoms with Gasteiger partial charge < -0.3 is 10.2 Å². The average Bonchev–Trinajstić information content (AvgIpc) is 3.13. The van der Waals surface area contributed by atoms with Crippen molar-refractivity contribution < 1.29 is 4.79 Å². The SMILES string of the molecule is Cc1c(C(=O)N2CCNCC2)sc2nc3n(c(=O)c12)CCC3. The Bertz CT molecular complexity index is 817. The maximum atomic E-state index is 12.7. The second-order valence-corrected chi connectivity index (χ2v) is 6.87. The summed E-state index contributed by atoms with van der Waals surface area (Å²) in [6, 6.07) is 0. The monoisotopic (exact) mass is 318 g/mol. The van der Waals surface area contributed by atoms with Crippen LogP contribution in [0.4, 0.5) is 0 Å². The Kier molecular flexibility index (Phi) is 3.27. The lowest BCUT2D eigenvalue weighted by Crippen LogP contribution is -2.46. The van der Waals surface area contributed by atoms with Crippen molar-refractivity contribution in [3.8, 4) is 0 Å². The highest BCUT2D eigenvalue weighted by molar-refractivity contribution is 7.20. The number of amides is 1. The number of thiophene rings is 1. The number of hydrogen-bond donors (Lipinski definition) is 1. The first-order valence-corrected chi connectivity index (χ1v) is 8.51. The van der Waals surface area contributed by atoms with Gasteiger partial charge in [-0.15, -0.1) is 11.3 Å². The number of nitrogens with one attached hydrogen (secondary N) is 1. The number of fused-ring (bicyclic) bond motifs is 2. The molecule has 7 heteroatoms. The van der Waals surface area contributed by atoms with Gasteiger partial charge in [0.15, 0.2) is 0 Å². The quantitative estimate of drug-likeness (QED) is 0.843. The Morgan fingerprint density at radius 1 is 1.27 bits per heavy atom. The number of piperazine rings is 1. The zero-order chi connectivity index (χ0) is 15.3. The Morgan fingerprint density at radius 2 is 2.05 bits per heavy atom. The summed E-state index contributed by atoms with van der Waals surface area (Å²) in [6.07, 6.45) is 1.83. The van der Waals surface area contributed by atoms with Gasteiger partial charge in [-0.2, -0.15) is 0 Å². The maximum absolute atomic E-state index is 12.7. The van der Waals surface area contributed by atoms with Crippen LogP contribution in [0.15, 0.2) is 4.79 Å². The van der Waals surface area contributed by atoms with Gasteiger partial charge in [-0.3, -0.25) is 14.2 Å². The second-order valence-electron chi connectivity index (χ2n) is 5.87. The van der Waals surface area contributed by atoms with E-state index in [0.29, 0.717) is 15.1 Å². The van der Waals surface area contributed by atoms with Crippen molar-refractivity contribution in [2.24, 2.45) is 0 Å². The summed E-state index contributed by atoms with van der Waals surface area (Å²) in [4.78, 5) is 33.2. The van der Waals surface area contributed by atoms with Crippen LogP contribution in [0.2, 0.25) is 0 Å². The zero-order valence-corrected chi connectivity index (χ0v) is 13.3. The highest BCUT2D eigenvalue weighted by Gasteiger charge is 2.26. The Hall–Kier alpha value is -1.73. The van der Waals surface area contributed by atoms with Crippen LogP contribution in [0.25, 0.3) is 10.2 Å². The first-order valence-electron chi connectivity index (χ1n) is 7.69. The van der Waals surface area contributed by atoms with E-state index in [0.717, 1.165) is 57.0 Å². The van der Waals surface area contributed by atoms with E-state index in [4.69, 9.17) is 0 Å². The highest BCUT2D eigenvalue weighted by Crippen LogP contribution is 2.29. The van der Waals surface area contributed by atoms with Gasteiger partial charge in [0.05, 0.1) is 10.3 Å². The van der Waals surface area contributed by atoms with Crippen LogP contribution in [-0.2, 0) is 13.0 Å². The third kappa shape index (κ3) is 1.99. The molecule has 1 fully saturated rings. The van der Waals surface area contributed by atoms with E-state index < -0.39 is 0 Å². The third-order valence-electron chi connectivity index (χ3n) is 4.51. The van der Waals surface area contributed by atoms with Crippen molar-refractivity contribution in [1.29, 1.82) is 0 Å². The van der Waals surface area contributed by atoms with Crippen LogP contribution < -0.4 is 10.9 Å². The van der Waals surface area contributed by atoms with Gasteiger partial charge in [0.25, 0.3) is 11.5 Å². The minimum atomic E-state index is 0.0191. The molecule has 0 unspecified atom stereocenters. The first-order chi connectivity index (χ1) is 10.7. The molecule has 0 saturated carbocycles. The summed E-state index contributed by atoms with van der Waals surface area (Å²) in [5, 5.41) is 3.88. The van der Waals surface area contributed by atoms with Gasteiger partial charge in [0.1, 0.15) is 10.7 Å². The van der Waals surface area contributed by atoms with E-state index in [1.54, 1.807) is 4.57 Å². The number of aromatic nitrogens is 2. The smallest absolute Gasteiger partial charge is 0.264 e. The van der Waals surface area contributed by atoms with Crippen molar-refractivity contribution >= 4 is 27.5 Å². The van der Waals surface area contributed by atoms with Crippen molar-refractivity contribution in [2.75, 3.05) is 26.2 Å². The van der Waals surface area contributed by atoms with Crippen LogP contribution in [0.3, 0.4) is 0 Å². The zero-order valence-electron chi connectivity index (χ0n) is 12.5. The predicted octanol–water partition coefficient (Wildman–Crippen LogP) is 0.758. The van der Waals surface area contributed by atoms with Gasteiger partial charge >= 0.3 is 0 Å². The molecule has 1 amide bonds. The number of rotatable bonds is 1. The maximum Gasteiger partial charge on any atom is 0.264 e. The first kappa shape index (κ1) is 13.9. The number of carbonyl (C=O) groups is 1. The summed E-state index contributed by atoms with van der Waals surface area (Å²) in [5.74, 6) is 0.895. The molecule has 0 atom stereocenters. The molecule has 2 aliphatic heterocycles. The minimum Gasteiger partial charge on any atom is -0.335 e. The van der Waals surface area contributed by atoms with Gasteiger partial charge in [-0.25, -0.2) is 4.98 Å². The van der Waals surface area contributed by atoms with Crippen molar-refractivity contribution in [2.45, 2.75) is 26.3 Å². The van der Waals surface area contributed by atoms with Gasteiger partial charge in [-0.1, -0.05) is 0 Å². The van der Waals surface area contributed by atoms with Crippen molar-refractivity contribution in [3.05, 3.63) is 26.6 Å². The van der Waals surface area contributed by atoms with Crippen LogP contribution in [0.5, 0.6) is 0 Å². The molecule has 0 aromatic carbocycles. The molecule has 1 saturated heterocycles. The van der Waals surface area contributed by atoms with Crippen LogP contribution in [0, 0.1) is 6.92 Å². The van der Waals surface area contributed by atoms with Crippen molar-refractivity contribution in [3.63, 3.8) is 0 Å². The Balaban J connectivity index is 1.83. The molecule has 0 radical (unpaired) electrons. The van der Waals surface area contributed by atoms with Crippen molar-refractivity contribution in [1.82, 2.24) is 19.8 Å². The lowest BCUT2D eigenvalue weighted by molar-refractivity contribution is 0.0740. The van der Waals surface area contributed by atoms with E-state index >= 15 is 0 Å². The highest BCUT2D eigenvalue weighted by atomic mass is 32.1. The van der Waals surface area contributed by atoms with E-state index in [1.807, 2.05) is 11.8 Å². The average molecular weight is 318 g/mol. The third-order valence-corrected chi connectivity index (χ3v) is 5.68. The molecule has 2 aromatic heterocycles. The molecule has 1 N–H and O–H groups in total. The van der Waals surface area contributed by atoms with E-state index in [1.165, 1.54) is 11.3 Å². The van der Waals surface area contributed by atoms with Crippen LogP contribution >= 0.6 is 11.3 Å². The van der Waals surface area contributed by atoms with Gasteiger partial charge in [0.2, 0.25) is 0 Å². The van der Waals surface area contributed by atoms with Gasteiger partial charge in [-0.05, 0) is 18.9 Å². The number of nitrogens with zero attached hydrogens (tertiary/aromatic N) is 3. The summed E-state index contributed by atoms with van der Waals surface area (Å²) < 4.78 is 1.77. The fourth-order valence-electron chi connectivity index (χ4n) is 3.29. The van der Waals surface area contributed by atoms with Crippen LogP contribution in [0.1, 0.15) is 27.5 Å². The Labute approximate surface area is 131 Å². The molecule has 2 aliphatic rings. The van der Waals surface area contributed by atoms with E-state index in [2.05, 4.69) is 10.3 Å². The number of hydrogen-bond acceptors (Lipinski definition) is 5. The minimum absolute atomic E-state index is 0.0191. The number of aryl methyl sites for hydroxylation is 2. The summed E-state index contributed by atoms with van der Waals surface area (Å²) in [5.41, 5.74) is 0.814. The second kappa shape index (κ2) is 5.17. The molecule has 116 valence electrons. The lowest BCUT2D eigenvalue weighted by atomic mass is 10.2. The Morgan fingerprint density at radius 3 is 2.82 bits per heavy atom. The largest absolute Gasteiger partial charge is 0.335 e. The van der Waals surface area contributed by atoms with Gasteiger partial charge in [0, 0.05) is 39.1 Å².